The fourth-order valence-electron chi connectivity index (χ4n) is 3.10. The lowest BCUT2D eigenvalue weighted by Crippen LogP contribution is -2.32. The first-order valence-corrected chi connectivity index (χ1v) is 8.00. The van der Waals surface area contributed by atoms with E-state index < -0.39 is 0 Å². The summed E-state index contributed by atoms with van der Waals surface area (Å²) in [6.45, 7) is 3.95. The maximum atomic E-state index is 12.1. The molecule has 126 valence electrons. The van der Waals surface area contributed by atoms with Gasteiger partial charge in [0.05, 0.1) is 12.3 Å². The Bertz CT molecular complexity index is 630. The van der Waals surface area contributed by atoms with Gasteiger partial charge < -0.3 is 20.3 Å². The van der Waals surface area contributed by atoms with Crippen LogP contribution in [0, 0.1) is 5.92 Å². The van der Waals surface area contributed by atoms with Gasteiger partial charge in [-0.15, -0.1) is 0 Å². The molecule has 1 fully saturated rings. The van der Waals surface area contributed by atoms with E-state index in [2.05, 4.69) is 20.6 Å². The van der Waals surface area contributed by atoms with Gasteiger partial charge in [-0.1, -0.05) is 0 Å². The second-order valence-electron chi connectivity index (χ2n) is 6.05. The van der Waals surface area contributed by atoms with Crippen molar-refractivity contribution in [1.82, 2.24) is 20.2 Å². The van der Waals surface area contributed by atoms with Crippen molar-refractivity contribution in [1.29, 1.82) is 0 Å². The SMILES string of the molecule is COCCN1C[C@@H](CNc2nc3c(c(=O)[nH]2)CCNC3)CC1=O. The first kappa shape index (κ1) is 15.9. The van der Waals surface area contributed by atoms with Crippen LogP contribution < -0.4 is 16.2 Å². The molecule has 1 aromatic heterocycles. The van der Waals surface area contributed by atoms with Gasteiger partial charge in [0.15, 0.2) is 0 Å². The average Bonchev–Trinajstić information content (AvgIpc) is 2.91. The molecule has 0 aliphatic carbocycles. The Morgan fingerprint density at radius 3 is 3.13 bits per heavy atom. The summed E-state index contributed by atoms with van der Waals surface area (Å²) in [4.78, 5) is 33.1. The van der Waals surface area contributed by atoms with E-state index in [4.69, 9.17) is 4.74 Å². The van der Waals surface area contributed by atoms with Crippen molar-refractivity contribution in [2.75, 3.05) is 45.2 Å². The van der Waals surface area contributed by atoms with E-state index in [1.54, 1.807) is 7.11 Å². The highest BCUT2D eigenvalue weighted by atomic mass is 16.5. The van der Waals surface area contributed by atoms with Crippen molar-refractivity contribution in [2.45, 2.75) is 19.4 Å². The van der Waals surface area contributed by atoms with E-state index >= 15 is 0 Å². The lowest BCUT2D eigenvalue weighted by molar-refractivity contribution is -0.128. The molecule has 1 atom stereocenters. The number of rotatable bonds is 6. The largest absolute Gasteiger partial charge is 0.383 e. The molecule has 1 aromatic rings. The van der Waals surface area contributed by atoms with Crippen LogP contribution in [-0.4, -0.2) is 60.7 Å². The highest BCUT2D eigenvalue weighted by Crippen LogP contribution is 2.18. The molecule has 0 unspecified atom stereocenters. The maximum Gasteiger partial charge on any atom is 0.255 e. The van der Waals surface area contributed by atoms with Crippen LogP contribution in [0.5, 0.6) is 0 Å². The molecule has 2 aliphatic heterocycles. The van der Waals surface area contributed by atoms with E-state index in [1.807, 2.05) is 4.90 Å². The number of H-pyrrole nitrogens is 1. The molecule has 3 heterocycles. The molecule has 8 nitrogen and oxygen atoms in total. The van der Waals surface area contributed by atoms with Gasteiger partial charge in [0.1, 0.15) is 0 Å². The summed E-state index contributed by atoms with van der Waals surface area (Å²) in [7, 11) is 1.63. The van der Waals surface area contributed by atoms with Crippen LogP contribution in [0.25, 0.3) is 0 Å². The van der Waals surface area contributed by atoms with E-state index in [1.165, 1.54) is 0 Å². The number of carbonyl (C=O) groups excluding carboxylic acids is 1. The van der Waals surface area contributed by atoms with Gasteiger partial charge in [-0.25, -0.2) is 4.98 Å². The third-order valence-corrected chi connectivity index (χ3v) is 4.36. The van der Waals surface area contributed by atoms with E-state index in [0.29, 0.717) is 51.6 Å². The van der Waals surface area contributed by atoms with E-state index in [0.717, 1.165) is 17.8 Å². The third-order valence-electron chi connectivity index (χ3n) is 4.36. The normalized spacial score (nSPS) is 20.7. The molecular weight excluding hydrogens is 298 g/mol. The Morgan fingerprint density at radius 1 is 1.43 bits per heavy atom. The van der Waals surface area contributed by atoms with Crippen molar-refractivity contribution in [3.05, 3.63) is 21.6 Å². The van der Waals surface area contributed by atoms with Gasteiger partial charge in [0, 0.05) is 51.2 Å². The monoisotopic (exact) mass is 321 g/mol. The van der Waals surface area contributed by atoms with Crippen LogP contribution in [0.15, 0.2) is 4.79 Å². The van der Waals surface area contributed by atoms with Crippen molar-refractivity contribution in [3.63, 3.8) is 0 Å². The van der Waals surface area contributed by atoms with Gasteiger partial charge in [-0.05, 0) is 13.0 Å². The number of fused-ring (bicyclic) bond motifs is 1. The number of hydrogen-bond acceptors (Lipinski definition) is 6. The number of likely N-dealkylation sites (tertiary alicyclic amines) is 1. The Kier molecular flexibility index (Phi) is 4.92. The number of nitrogens with one attached hydrogen (secondary N) is 3. The van der Waals surface area contributed by atoms with Crippen LogP contribution in [0.3, 0.4) is 0 Å². The second-order valence-corrected chi connectivity index (χ2v) is 6.05. The predicted molar refractivity (Wildman–Crippen MR) is 85.3 cm³/mol. The Morgan fingerprint density at radius 2 is 2.30 bits per heavy atom. The van der Waals surface area contributed by atoms with Crippen molar-refractivity contribution in [2.24, 2.45) is 5.92 Å². The minimum Gasteiger partial charge on any atom is -0.383 e. The molecule has 0 bridgehead atoms. The van der Waals surface area contributed by atoms with Crippen molar-refractivity contribution < 1.29 is 9.53 Å². The standard InChI is InChI=1S/C15H23N5O3/c1-23-5-4-20-9-10(6-13(20)21)7-17-15-18-12-8-16-3-2-11(12)14(22)19-15/h10,16H,2-9H2,1H3,(H2,17,18,19,22)/t10-/m1/s1. The zero-order chi connectivity index (χ0) is 16.2. The fraction of sp³-hybridized carbons (Fsp3) is 0.667. The molecule has 0 saturated carbocycles. The molecule has 1 saturated heterocycles. The molecule has 3 N–H and O–H groups in total. The number of nitrogens with zero attached hydrogens (tertiary/aromatic N) is 2. The Balaban J connectivity index is 1.58. The summed E-state index contributed by atoms with van der Waals surface area (Å²) in [6.07, 6.45) is 1.23. The van der Waals surface area contributed by atoms with Crippen LogP contribution in [-0.2, 0) is 22.5 Å². The summed E-state index contributed by atoms with van der Waals surface area (Å²) >= 11 is 0. The van der Waals surface area contributed by atoms with Crippen LogP contribution in [0.4, 0.5) is 5.95 Å². The molecule has 1 amide bonds. The predicted octanol–water partition coefficient (Wildman–Crippen LogP) is -0.678. The average molecular weight is 321 g/mol. The second kappa shape index (κ2) is 7.10. The molecule has 2 aliphatic rings. The topological polar surface area (TPSA) is 99.3 Å². The van der Waals surface area contributed by atoms with Gasteiger partial charge >= 0.3 is 0 Å². The highest BCUT2D eigenvalue weighted by molar-refractivity contribution is 5.78. The van der Waals surface area contributed by atoms with Crippen LogP contribution in [0.1, 0.15) is 17.7 Å². The molecular formula is C15H23N5O3. The van der Waals surface area contributed by atoms with Crippen molar-refractivity contribution in [3.8, 4) is 0 Å². The number of anilines is 1. The summed E-state index contributed by atoms with van der Waals surface area (Å²) in [5, 5.41) is 6.39. The molecule has 3 rings (SSSR count). The summed E-state index contributed by atoms with van der Waals surface area (Å²) in [5.74, 6) is 0.865. The molecule has 23 heavy (non-hydrogen) atoms. The smallest absolute Gasteiger partial charge is 0.255 e. The summed E-state index contributed by atoms with van der Waals surface area (Å²) < 4.78 is 5.02. The fourth-order valence-corrected chi connectivity index (χ4v) is 3.10. The van der Waals surface area contributed by atoms with Crippen LogP contribution in [0.2, 0.25) is 0 Å². The zero-order valence-electron chi connectivity index (χ0n) is 13.4. The number of ether oxygens (including phenoxy) is 1. The van der Waals surface area contributed by atoms with E-state index in [9.17, 15) is 9.59 Å². The Labute approximate surface area is 134 Å². The van der Waals surface area contributed by atoms with Crippen LogP contribution >= 0.6 is 0 Å². The number of methoxy groups -OCH3 is 1. The minimum absolute atomic E-state index is 0.0665. The minimum atomic E-state index is -0.0665. The zero-order valence-corrected chi connectivity index (χ0v) is 13.4. The lowest BCUT2D eigenvalue weighted by atomic mass is 10.1. The first-order chi connectivity index (χ1) is 11.2. The third kappa shape index (κ3) is 3.70. The van der Waals surface area contributed by atoms with Crippen molar-refractivity contribution >= 4 is 11.9 Å². The highest BCUT2D eigenvalue weighted by Gasteiger charge is 2.29. The summed E-state index contributed by atoms with van der Waals surface area (Å²) in [6, 6.07) is 0. The quantitative estimate of drug-likeness (QED) is 0.642. The lowest BCUT2D eigenvalue weighted by Gasteiger charge is -2.18. The maximum absolute atomic E-state index is 12.1. The molecule has 0 spiro atoms. The summed E-state index contributed by atoms with van der Waals surface area (Å²) in [5.41, 5.74) is 1.52. The number of amides is 1. The van der Waals surface area contributed by atoms with E-state index in [-0.39, 0.29) is 17.4 Å². The first-order valence-electron chi connectivity index (χ1n) is 8.00. The Hall–Kier alpha value is -1.93. The van der Waals surface area contributed by atoms with Gasteiger partial charge in [0.2, 0.25) is 11.9 Å². The van der Waals surface area contributed by atoms with Gasteiger partial charge in [-0.2, -0.15) is 0 Å². The molecule has 0 radical (unpaired) electrons. The number of aromatic amines is 1. The number of hydrogen-bond donors (Lipinski definition) is 3. The number of aromatic nitrogens is 2. The van der Waals surface area contributed by atoms with Gasteiger partial charge in [0.25, 0.3) is 5.56 Å². The van der Waals surface area contributed by atoms with Gasteiger partial charge in [-0.3, -0.25) is 14.6 Å². The number of carbonyl (C=O) groups is 1. The molecule has 0 aromatic carbocycles. The molecule has 8 heteroatoms.